The molecule has 0 atom stereocenters. The number of aryl methyl sites for hydroxylation is 3. The fourth-order valence-corrected chi connectivity index (χ4v) is 2.85. The van der Waals surface area contributed by atoms with E-state index in [0.717, 1.165) is 0 Å². The lowest BCUT2D eigenvalue weighted by atomic mass is 10.3. The Labute approximate surface area is 105 Å². The minimum Gasteiger partial charge on any atom is -0.465 e. The van der Waals surface area contributed by atoms with Crippen LogP contribution in [0.5, 0.6) is 0 Å². The molecule has 6 nitrogen and oxygen atoms in total. The molecule has 0 spiro atoms. The Kier molecular flexibility index (Phi) is 2.94. The predicted molar refractivity (Wildman–Crippen MR) is 65.0 cm³/mol. The molecular weight excluding hydrogens is 256 g/mol. The zero-order valence-electron chi connectivity index (χ0n) is 10.6. The number of hydrogen-bond acceptors (Lipinski definition) is 5. The molecule has 1 N–H and O–H groups in total. The summed E-state index contributed by atoms with van der Waals surface area (Å²) in [5.74, 6) is 1.01. The van der Waals surface area contributed by atoms with Crippen molar-refractivity contribution >= 4 is 15.9 Å². The normalized spacial score (nSPS) is 11.8. The molecule has 7 heteroatoms. The molecule has 0 amide bonds. The average Bonchev–Trinajstić information content (AvgIpc) is 2.75. The standard InChI is InChI=1S/C11H14N2O4S/c1-6-5-10(9(4)16-6)18(14,15)13-11-7(2)8(3)12-17-11/h5,13H,1-4H3. The molecule has 0 saturated heterocycles. The van der Waals surface area contributed by atoms with Crippen LogP contribution in [-0.2, 0) is 10.0 Å². The molecule has 0 fully saturated rings. The topological polar surface area (TPSA) is 85.3 Å². The molecule has 0 aliphatic heterocycles. The van der Waals surface area contributed by atoms with Gasteiger partial charge in [0.15, 0.2) is 0 Å². The predicted octanol–water partition coefficient (Wildman–Crippen LogP) is 2.30. The number of nitrogens with one attached hydrogen (secondary N) is 1. The lowest BCUT2D eigenvalue weighted by Gasteiger charge is -2.03. The zero-order valence-corrected chi connectivity index (χ0v) is 11.4. The van der Waals surface area contributed by atoms with Gasteiger partial charge in [-0.3, -0.25) is 0 Å². The molecule has 0 aliphatic carbocycles. The van der Waals surface area contributed by atoms with Crippen molar-refractivity contribution in [2.75, 3.05) is 4.72 Å². The summed E-state index contributed by atoms with van der Waals surface area (Å²) >= 11 is 0. The maximum atomic E-state index is 12.1. The van der Waals surface area contributed by atoms with Gasteiger partial charge in [-0.05, 0) is 27.7 Å². The van der Waals surface area contributed by atoms with Crippen molar-refractivity contribution in [2.24, 2.45) is 0 Å². The number of furan rings is 1. The monoisotopic (exact) mass is 270 g/mol. The highest BCUT2D eigenvalue weighted by molar-refractivity contribution is 7.92. The molecule has 18 heavy (non-hydrogen) atoms. The van der Waals surface area contributed by atoms with Crippen LogP contribution in [0, 0.1) is 27.7 Å². The lowest BCUT2D eigenvalue weighted by molar-refractivity contribution is 0.430. The van der Waals surface area contributed by atoms with Gasteiger partial charge in [-0.1, -0.05) is 5.16 Å². The Morgan fingerprint density at radius 2 is 1.89 bits per heavy atom. The Bertz CT molecular complexity index is 682. The van der Waals surface area contributed by atoms with E-state index in [2.05, 4.69) is 9.88 Å². The third-order valence-electron chi connectivity index (χ3n) is 2.67. The van der Waals surface area contributed by atoms with Gasteiger partial charge < -0.3 is 8.94 Å². The SMILES string of the molecule is Cc1cc(S(=O)(=O)Nc2onc(C)c2C)c(C)o1. The number of hydrogen-bond donors (Lipinski definition) is 1. The third-order valence-corrected chi connectivity index (χ3v) is 4.11. The Balaban J connectivity index is 2.39. The molecule has 0 saturated carbocycles. The number of aromatic nitrogens is 1. The van der Waals surface area contributed by atoms with Crippen LogP contribution in [0.15, 0.2) is 19.9 Å². The molecular formula is C11H14N2O4S. The van der Waals surface area contributed by atoms with E-state index in [4.69, 9.17) is 8.94 Å². The van der Waals surface area contributed by atoms with Crippen LogP contribution < -0.4 is 4.72 Å². The Morgan fingerprint density at radius 3 is 2.33 bits per heavy atom. The minimum absolute atomic E-state index is 0.105. The first-order chi connectivity index (χ1) is 8.31. The van der Waals surface area contributed by atoms with Crippen molar-refractivity contribution in [1.29, 1.82) is 0 Å². The van der Waals surface area contributed by atoms with Crippen LogP contribution >= 0.6 is 0 Å². The van der Waals surface area contributed by atoms with Crippen LogP contribution in [0.1, 0.15) is 22.8 Å². The van der Waals surface area contributed by atoms with Crippen LogP contribution in [-0.4, -0.2) is 13.6 Å². The minimum atomic E-state index is -3.71. The van der Waals surface area contributed by atoms with E-state index < -0.39 is 10.0 Å². The van der Waals surface area contributed by atoms with E-state index in [1.165, 1.54) is 6.07 Å². The van der Waals surface area contributed by atoms with Gasteiger partial charge in [-0.15, -0.1) is 0 Å². The maximum absolute atomic E-state index is 12.1. The summed E-state index contributed by atoms with van der Waals surface area (Å²) in [6.07, 6.45) is 0. The molecule has 0 aliphatic rings. The first-order valence-corrected chi connectivity index (χ1v) is 6.82. The van der Waals surface area contributed by atoms with Gasteiger partial charge in [0.2, 0.25) is 5.88 Å². The van der Waals surface area contributed by atoms with E-state index in [1.807, 2.05) is 0 Å². The number of rotatable bonds is 3. The quantitative estimate of drug-likeness (QED) is 0.924. The summed E-state index contributed by atoms with van der Waals surface area (Å²) in [4.78, 5) is 0.105. The van der Waals surface area contributed by atoms with Crippen molar-refractivity contribution in [3.05, 3.63) is 28.8 Å². The average molecular weight is 270 g/mol. The van der Waals surface area contributed by atoms with Gasteiger partial charge in [0.05, 0.1) is 5.69 Å². The molecule has 0 aromatic carbocycles. The summed E-state index contributed by atoms with van der Waals surface area (Å²) in [6, 6.07) is 1.47. The van der Waals surface area contributed by atoms with Gasteiger partial charge in [-0.25, -0.2) is 13.1 Å². The second-order valence-corrected chi connectivity index (χ2v) is 5.76. The van der Waals surface area contributed by atoms with Gasteiger partial charge in [-0.2, -0.15) is 0 Å². The maximum Gasteiger partial charge on any atom is 0.267 e. The third kappa shape index (κ3) is 2.13. The van der Waals surface area contributed by atoms with Crippen LogP contribution in [0.2, 0.25) is 0 Å². The van der Waals surface area contributed by atoms with E-state index in [-0.39, 0.29) is 10.8 Å². The first-order valence-electron chi connectivity index (χ1n) is 5.34. The van der Waals surface area contributed by atoms with Crippen molar-refractivity contribution < 1.29 is 17.4 Å². The number of anilines is 1. The highest BCUT2D eigenvalue weighted by Gasteiger charge is 2.23. The smallest absolute Gasteiger partial charge is 0.267 e. The summed E-state index contributed by atoms with van der Waals surface area (Å²) in [5.41, 5.74) is 1.31. The van der Waals surface area contributed by atoms with Gasteiger partial charge >= 0.3 is 0 Å². The largest absolute Gasteiger partial charge is 0.465 e. The van der Waals surface area contributed by atoms with Gasteiger partial charge in [0.1, 0.15) is 16.4 Å². The summed E-state index contributed by atoms with van der Waals surface area (Å²) in [6.45, 7) is 6.76. The summed E-state index contributed by atoms with van der Waals surface area (Å²) in [5, 5.41) is 3.70. The molecule has 98 valence electrons. The number of sulfonamides is 1. The van der Waals surface area contributed by atoms with Crippen molar-refractivity contribution in [2.45, 2.75) is 32.6 Å². The molecule has 0 bridgehead atoms. The summed E-state index contributed by atoms with van der Waals surface area (Å²) < 4.78 is 36.8. The second kappa shape index (κ2) is 4.16. The summed E-state index contributed by atoms with van der Waals surface area (Å²) in [7, 11) is -3.71. The van der Waals surface area contributed by atoms with Crippen molar-refractivity contribution in [3.63, 3.8) is 0 Å². The highest BCUT2D eigenvalue weighted by Crippen LogP contribution is 2.25. The molecule has 2 aromatic rings. The van der Waals surface area contributed by atoms with E-state index in [9.17, 15) is 8.42 Å². The van der Waals surface area contributed by atoms with Crippen molar-refractivity contribution in [3.8, 4) is 0 Å². The zero-order chi connectivity index (χ0) is 13.5. The van der Waals surface area contributed by atoms with Gasteiger partial charge in [0.25, 0.3) is 10.0 Å². The lowest BCUT2D eigenvalue weighted by Crippen LogP contribution is -2.13. The second-order valence-electron chi connectivity index (χ2n) is 4.11. The fourth-order valence-electron chi connectivity index (χ4n) is 1.56. The van der Waals surface area contributed by atoms with Crippen LogP contribution in [0.25, 0.3) is 0 Å². The Morgan fingerprint density at radius 1 is 1.22 bits per heavy atom. The molecule has 0 radical (unpaired) electrons. The van der Waals surface area contributed by atoms with Crippen molar-refractivity contribution in [1.82, 2.24) is 5.16 Å². The molecule has 2 aromatic heterocycles. The molecule has 2 rings (SSSR count). The first kappa shape index (κ1) is 12.7. The van der Waals surface area contributed by atoms with Gasteiger partial charge in [0, 0.05) is 11.6 Å². The number of nitrogens with zero attached hydrogens (tertiary/aromatic N) is 1. The molecule has 2 heterocycles. The molecule has 0 unspecified atom stereocenters. The fraction of sp³-hybridized carbons (Fsp3) is 0.364. The van der Waals surface area contributed by atoms with E-state index in [0.29, 0.717) is 22.8 Å². The van der Waals surface area contributed by atoms with Crippen LogP contribution in [0.3, 0.4) is 0 Å². The van der Waals surface area contributed by atoms with E-state index >= 15 is 0 Å². The highest BCUT2D eigenvalue weighted by atomic mass is 32.2. The van der Waals surface area contributed by atoms with Crippen LogP contribution in [0.4, 0.5) is 5.88 Å². The Hall–Kier alpha value is -1.76. The van der Waals surface area contributed by atoms with E-state index in [1.54, 1.807) is 27.7 Å².